The highest BCUT2D eigenvalue weighted by molar-refractivity contribution is 5.94. The Balaban J connectivity index is 1.99. The second kappa shape index (κ2) is 5.95. The molecular formula is C14H15N3O2. The number of nitrogens with zero attached hydrogens (tertiary/aromatic N) is 2. The van der Waals surface area contributed by atoms with E-state index in [0.717, 1.165) is 11.4 Å². The smallest absolute Gasteiger partial charge is 0.251 e. The van der Waals surface area contributed by atoms with Gasteiger partial charge in [0.25, 0.3) is 5.91 Å². The van der Waals surface area contributed by atoms with Crippen molar-refractivity contribution in [1.29, 1.82) is 0 Å². The first-order chi connectivity index (χ1) is 9.19. The number of hydrogen-bond acceptors (Lipinski definition) is 4. The number of benzene rings is 1. The molecule has 1 aromatic carbocycles. The summed E-state index contributed by atoms with van der Waals surface area (Å²) in [5.41, 5.74) is 2.13. The topological polar surface area (TPSA) is 64.1 Å². The third-order valence-electron chi connectivity index (χ3n) is 2.62. The van der Waals surface area contributed by atoms with Crippen LogP contribution in [-0.2, 0) is 6.54 Å². The molecule has 5 heteroatoms. The van der Waals surface area contributed by atoms with Gasteiger partial charge in [-0.1, -0.05) is 6.07 Å². The van der Waals surface area contributed by atoms with E-state index in [2.05, 4.69) is 15.5 Å². The fraction of sp³-hybridized carbons (Fsp3) is 0.214. The molecule has 5 nitrogen and oxygen atoms in total. The summed E-state index contributed by atoms with van der Waals surface area (Å²) in [4.78, 5) is 11.9. The van der Waals surface area contributed by atoms with E-state index in [1.54, 1.807) is 31.4 Å². The second-order valence-corrected chi connectivity index (χ2v) is 4.08. The molecule has 2 aromatic rings. The average Bonchev–Trinajstić information content (AvgIpc) is 2.46. The molecule has 0 spiro atoms. The second-order valence-electron chi connectivity index (χ2n) is 4.08. The zero-order valence-corrected chi connectivity index (χ0v) is 10.9. The zero-order chi connectivity index (χ0) is 13.7. The molecule has 19 heavy (non-hydrogen) atoms. The van der Waals surface area contributed by atoms with Crippen LogP contribution < -0.4 is 10.1 Å². The van der Waals surface area contributed by atoms with E-state index in [1.807, 2.05) is 19.1 Å². The largest absolute Gasteiger partial charge is 0.497 e. The Morgan fingerprint density at radius 1 is 1.26 bits per heavy atom. The molecule has 0 aliphatic rings. The van der Waals surface area contributed by atoms with Gasteiger partial charge in [-0.3, -0.25) is 4.79 Å². The molecule has 1 N–H and O–H groups in total. The normalized spacial score (nSPS) is 10.0. The standard InChI is InChI=1S/C14H15N3O2/c1-10-6-7-12(17-16-10)9-15-14(18)11-4-3-5-13(8-11)19-2/h3-8H,9H2,1-2H3,(H,15,18). The maximum Gasteiger partial charge on any atom is 0.251 e. The summed E-state index contributed by atoms with van der Waals surface area (Å²) in [7, 11) is 1.57. The van der Waals surface area contributed by atoms with Crippen molar-refractivity contribution < 1.29 is 9.53 Å². The Bertz CT molecular complexity index is 567. The maximum atomic E-state index is 11.9. The van der Waals surface area contributed by atoms with Gasteiger partial charge >= 0.3 is 0 Å². The monoisotopic (exact) mass is 257 g/mol. The molecule has 0 aliphatic heterocycles. The lowest BCUT2D eigenvalue weighted by Gasteiger charge is -2.06. The number of rotatable bonds is 4. The molecule has 98 valence electrons. The lowest BCUT2D eigenvalue weighted by Crippen LogP contribution is -2.23. The lowest BCUT2D eigenvalue weighted by molar-refractivity contribution is 0.0950. The highest BCUT2D eigenvalue weighted by atomic mass is 16.5. The summed E-state index contributed by atoms with van der Waals surface area (Å²) in [6.07, 6.45) is 0. The van der Waals surface area contributed by atoms with Gasteiger partial charge in [-0.25, -0.2) is 0 Å². The Labute approximate surface area is 111 Å². The van der Waals surface area contributed by atoms with Crippen LogP contribution in [-0.4, -0.2) is 23.2 Å². The van der Waals surface area contributed by atoms with Gasteiger partial charge in [-0.2, -0.15) is 10.2 Å². The van der Waals surface area contributed by atoms with Gasteiger partial charge in [0.15, 0.2) is 0 Å². The summed E-state index contributed by atoms with van der Waals surface area (Å²) in [5.74, 6) is 0.490. The van der Waals surface area contributed by atoms with E-state index in [-0.39, 0.29) is 5.91 Å². The van der Waals surface area contributed by atoms with Gasteiger partial charge < -0.3 is 10.1 Å². The van der Waals surface area contributed by atoms with Crippen LogP contribution in [0.4, 0.5) is 0 Å². The number of amides is 1. The Hall–Kier alpha value is -2.43. The first-order valence-corrected chi connectivity index (χ1v) is 5.90. The van der Waals surface area contributed by atoms with Crippen molar-refractivity contribution in [2.75, 3.05) is 7.11 Å². The fourth-order valence-electron chi connectivity index (χ4n) is 1.56. The fourth-order valence-corrected chi connectivity index (χ4v) is 1.56. The van der Waals surface area contributed by atoms with E-state index < -0.39 is 0 Å². The minimum absolute atomic E-state index is 0.165. The molecule has 0 aliphatic carbocycles. The summed E-state index contributed by atoms with van der Waals surface area (Å²) < 4.78 is 5.08. The minimum atomic E-state index is -0.165. The minimum Gasteiger partial charge on any atom is -0.497 e. The van der Waals surface area contributed by atoms with Gasteiger partial charge in [0.05, 0.1) is 25.0 Å². The van der Waals surface area contributed by atoms with Crippen LogP contribution in [0.1, 0.15) is 21.7 Å². The summed E-state index contributed by atoms with van der Waals surface area (Å²) in [6.45, 7) is 2.22. The van der Waals surface area contributed by atoms with Crippen molar-refractivity contribution in [2.45, 2.75) is 13.5 Å². The molecule has 1 aromatic heterocycles. The molecule has 0 fully saturated rings. The van der Waals surface area contributed by atoms with E-state index >= 15 is 0 Å². The van der Waals surface area contributed by atoms with Gasteiger partial charge in [0, 0.05) is 5.56 Å². The molecule has 0 atom stereocenters. The predicted octanol–water partition coefficient (Wildman–Crippen LogP) is 1.72. The highest BCUT2D eigenvalue weighted by Gasteiger charge is 2.06. The van der Waals surface area contributed by atoms with Crippen molar-refractivity contribution in [3.63, 3.8) is 0 Å². The molecule has 0 saturated carbocycles. The van der Waals surface area contributed by atoms with E-state index in [4.69, 9.17) is 4.74 Å². The molecule has 1 amide bonds. The molecule has 0 bridgehead atoms. The first kappa shape index (κ1) is 13.0. The lowest BCUT2D eigenvalue weighted by atomic mass is 10.2. The van der Waals surface area contributed by atoms with Crippen molar-refractivity contribution in [2.24, 2.45) is 0 Å². The van der Waals surface area contributed by atoms with Crippen molar-refractivity contribution in [3.8, 4) is 5.75 Å². The third-order valence-corrected chi connectivity index (χ3v) is 2.62. The van der Waals surface area contributed by atoms with Crippen LogP contribution in [0.2, 0.25) is 0 Å². The maximum absolute atomic E-state index is 11.9. The predicted molar refractivity (Wildman–Crippen MR) is 70.9 cm³/mol. The SMILES string of the molecule is COc1cccc(C(=O)NCc2ccc(C)nn2)c1. The third kappa shape index (κ3) is 3.51. The first-order valence-electron chi connectivity index (χ1n) is 5.90. The van der Waals surface area contributed by atoms with Crippen molar-refractivity contribution in [1.82, 2.24) is 15.5 Å². The average molecular weight is 257 g/mol. The summed E-state index contributed by atoms with van der Waals surface area (Å²) in [6, 6.07) is 10.7. The van der Waals surface area contributed by atoms with Crippen LogP contribution in [0.15, 0.2) is 36.4 Å². The number of carbonyl (C=O) groups is 1. The molecule has 0 unspecified atom stereocenters. The van der Waals surface area contributed by atoms with E-state index in [1.165, 1.54) is 0 Å². The van der Waals surface area contributed by atoms with Crippen LogP contribution in [0, 0.1) is 6.92 Å². The zero-order valence-electron chi connectivity index (χ0n) is 10.9. The van der Waals surface area contributed by atoms with Gasteiger partial charge in [0.1, 0.15) is 5.75 Å². The summed E-state index contributed by atoms with van der Waals surface area (Å²) >= 11 is 0. The number of nitrogens with one attached hydrogen (secondary N) is 1. The molecule has 0 saturated heterocycles. The van der Waals surface area contributed by atoms with Crippen LogP contribution in [0.25, 0.3) is 0 Å². The number of aromatic nitrogens is 2. The van der Waals surface area contributed by atoms with E-state index in [9.17, 15) is 4.79 Å². The van der Waals surface area contributed by atoms with Crippen LogP contribution in [0.5, 0.6) is 5.75 Å². The Morgan fingerprint density at radius 2 is 2.11 bits per heavy atom. The van der Waals surface area contributed by atoms with Crippen LogP contribution >= 0.6 is 0 Å². The molecular weight excluding hydrogens is 242 g/mol. The Morgan fingerprint density at radius 3 is 2.79 bits per heavy atom. The number of aryl methyl sites for hydroxylation is 1. The quantitative estimate of drug-likeness (QED) is 0.905. The van der Waals surface area contributed by atoms with Crippen molar-refractivity contribution in [3.05, 3.63) is 53.3 Å². The molecule has 1 heterocycles. The van der Waals surface area contributed by atoms with Crippen LogP contribution in [0.3, 0.4) is 0 Å². The molecule has 2 rings (SSSR count). The van der Waals surface area contributed by atoms with E-state index in [0.29, 0.717) is 17.9 Å². The Kier molecular flexibility index (Phi) is 4.07. The number of hydrogen-bond donors (Lipinski definition) is 1. The highest BCUT2D eigenvalue weighted by Crippen LogP contribution is 2.12. The number of methoxy groups -OCH3 is 1. The van der Waals surface area contributed by atoms with Crippen molar-refractivity contribution >= 4 is 5.91 Å². The van der Waals surface area contributed by atoms with Gasteiger partial charge in [0.2, 0.25) is 0 Å². The van der Waals surface area contributed by atoms with Gasteiger partial charge in [-0.15, -0.1) is 0 Å². The van der Waals surface area contributed by atoms with Gasteiger partial charge in [-0.05, 0) is 37.3 Å². The number of carbonyl (C=O) groups excluding carboxylic acids is 1. The summed E-state index contributed by atoms with van der Waals surface area (Å²) in [5, 5.41) is 10.7. The number of ether oxygens (including phenoxy) is 1. The molecule has 0 radical (unpaired) electrons.